The van der Waals surface area contributed by atoms with Gasteiger partial charge in [0, 0.05) is 6.20 Å². The molecule has 0 saturated carbocycles. The number of pyridine rings is 1. The van der Waals surface area contributed by atoms with Crippen molar-refractivity contribution in [3.05, 3.63) is 23.0 Å². The van der Waals surface area contributed by atoms with Gasteiger partial charge in [-0.2, -0.15) is 0 Å². The Bertz CT molecular complexity index is 354. The second-order valence-corrected chi connectivity index (χ2v) is 2.47. The Labute approximate surface area is 78.4 Å². The molecule has 1 aromatic rings. The van der Waals surface area contributed by atoms with Gasteiger partial charge in [0.2, 0.25) is 0 Å². The van der Waals surface area contributed by atoms with Gasteiger partial charge in [-0.05, 0) is 6.07 Å². The lowest BCUT2D eigenvalue weighted by Gasteiger charge is -2.03. The Hall–Kier alpha value is -1.62. The molecule has 0 unspecified atom stereocenters. The molecular weight excluding hydrogens is 196 g/mol. The summed E-state index contributed by atoms with van der Waals surface area (Å²) in [4.78, 5) is 24.3. The minimum Gasteiger partial charge on any atom is -0.465 e. The lowest BCUT2D eigenvalue weighted by Crippen LogP contribution is -2.09. The third-order valence-corrected chi connectivity index (χ3v) is 1.60. The van der Waals surface area contributed by atoms with Crippen molar-refractivity contribution in [3.63, 3.8) is 0 Å². The van der Waals surface area contributed by atoms with Gasteiger partial charge in [0.05, 0.1) is 11.3 Å². The number of hydrogen-bond donors (Lipinski definition) is 2. The fourth-order valence-electron chi connectivity index (χ4n) is 0.784. The predicted octanol–water partition coefficient (Wildman–Crippen LogP) is 1.64. The molecule has 0 saturated heterocycles. The van der Waals surface area contributed by atoms with Crippen molar-refractivity contribution in [2.24, 2.45) is 0 Å². The number of aromatic nitrogens is 1. The molecule has 0 aliphatic heterocycles. The largest absolute Gasteiger partial charge is 0.465 e. The van der Waals surface area contributed by atoms with Gasteiger partial charge in [-0.25, -0.2) is 9.78 Å². The lowest BCUT2D eigenvalue weighted by atomic mass is 10.2. The highest BCUT2D eigenvalue weighted by Gasteiger charge is 2.08. The van der Waals surface area contributed by atoms with Crippen molar-refractivity contribution in [2.75, 3.05) is 5.32 Å². The van der Waals surface area contributed by atoms with E-state index in [1.54, 1.807) is 0 Å². The fraction of sp³-hybridized carbons (Fsp3) is 0. The van der Waals surface area contributed by atoms with Gasteiger partial charge in [0.1, 0.15) is 5.15 Å². The molecule has 0 aliphatic carbocycles. The highest BCUT2D eigenvalue weighted by molar-refractivity contribution is 6.32. The zero-order chi connectivity index (χ0) is 9.84. The minimum atomic E-state index is -1.26. The smallest absolute Gasteiger partial charge is 0.409 e. The number of carboxylic acid groups (broad SMARTS) is 1. The van der Waals surface area contributed by atoms with Gasteiger partial charge in [0.25, 0.3) is 0 Å². The van der Waals surface area contributed by atoms with Gasteiger partial charge < -0.3 is 5.11 Å². The first kappa shape index (κ1) is 9.47. The van der Waals surface area contributed by atoms with E-state index in [2.05, 4.69) is 4.98 Å². The third kappa shape index (κ3) is 2.16. The normalized spacial score (nSPS) is 9.31. The third-order valence-electron chi connectivity index (χ3n) is 1.30. The summed E-state index contributed by atoms with van der Waals surface area (Å²) in [6, 6.07) is 1.35. The monoisotopic (exact) mass is 200 g/mol. The summed E-state index contributed by atoms with van der Waals surface area (Å²) in [5.41, 5.74) is 0.161. The number of carbonyl (C=O) groups is 2. The van der Waals surface area contributed by atoms with Crippen LogP contribution in [-0.4, -0.2) is 22.5 Å². The van der Waals surface area contributed by atoms with E-state index in [-0.39, 0.29) is 16.4 Å². The molecule has 0 radical (unpaired) electrons. The van der Waals surface area contributed by atoms with Crippen LogP contribution in [0.15, 0.2) is 12.3 Å². The van der Waals surface area contributed by atoms with Gasteiger partial charge in [-0.1, -0.05) is 11.6 Å². The molecule has 0 aliphatic rings. The summed E-state index contributed by atoms with van der Waals surface area (Å²) in [5, 5.41) is 10.4. The first-order valence-corrected chi connectivity index (χ1v) is 3.62. The van der Waals surface area contributed by atoms with Gasteiger partial charge in [-0.3, -0.25) is 10.1 Å². The Morgan fingerprint density at radius 3 is 2.92 bits per heavy atom. The molecule has 0 bridgehead atoms. The maximum absolute atomic E-state index is 10.5. The van der Waals surface area contributed by atoms with E-state index in [0.717, 1.165) is 0 Å². The Balaban J connectivity index is 3.12. The Kier molecular flexibility index (Phi) is 2.81. The number of nitrogens with zero attached hydrogens (tertiary/aromatic N) is 1. The number of aldehydes is 1. The van der Waals surface area contributed by atoms with E-state index in [1.807, 2.05) is 5.32 Å². The molecule has 0 spiro atoms. The summed E-state index contributed by atoms with van der Waals surface area (Å²) >= 11 is 5.54. The van der Waals surface area contributed by atoms with Crippen LogP contribution in [0.1, 0.15) is 10.4 Å². The summed E-state index contributed by atoms with van der Waals surface area (Å²) in [7, 11) is 0. The predicted molar refractivity (Wildman–Crippen MR) is 46.3 cm³/mol. The molecule has 0 atom stereocenters. The van der Waals surface area contributed by atoms with Crippen molar-refractivity contribution in [2.45, 2.75) is 0 Å². The van der Waals surface area contributed by atoms with Crippen molar-refractivity contribution in [1.82, 2.24) is 4.98 Å². The Morgan fingerprint density at radius 2 is 2.38 bits per heavy atom. The molecule has 13 heavy (non-hydrogen) atoms. The van der Waals surface area contributed by atoms with Crippen LogP contribution in [0, 0.1) is 0 Å². The molecule has 0 fully saturated rings. The zero-order valence-corrected chi connectivity index (χ0v) is 7.08. The van der Waals surface area contributed by atoms with E-state index in [4.69, 9.17) is 16.7 Å². The molecule has 1 heterocycles. The average molecular weight is 201 g/mol. The lowest BCUT2D eigenvalue weighted by molar-refractivity contribution is 0.112. The Morgan fingerprint density at radius 1 is 1.69 bits per heavy atom. The molecule has 5 nitrogen and oxygen atoms in total. The van der Waals surface area contributed by atoms with Crippen LogP contribution >= 0.6 is 11.6 Å². The second-order valence-electron chi connectivity index (χ2n) is 2.11. The standard InChI is InChI=1S/C7H5ClN2O3/c8-6-4(3-11)5(1-2-9-6)10-7(12)13/h1-3H,(H,9,10)(H,12,13). The SMILES string of the molecule is O=Cc1c(NC(=O)O)ccnc1Cl. The molecule has 1 rings (SSSR count). The highest BCUT2D eigenvalue weighted by Crippen LogP contribution is 2.19. The molecule has 6 heteroatoms. The highest BCUT2D eigenvalue weighted by atomic mass is 35.5. The molecule has 0 aromatic carbocycles. The van der Waals surface area contributed by atoms with E-state index >= 15 is 0 Å². The first-order chi connectivity index (χ1) is 6.15. The molecular formula is C7H5ClN2O3. The minimum absolute atomic E-state index is 0.0266. The van der Waals surface area contributed by atoms with Crippen LogP contribution in [0.5, 0.6) is 0 Å². The van der Waals surface area contributed by atoms with Crippen LogP contribution in [-0.2, 0) is 0 Å². The number of nitrogens with one attached hydrogen (secondary N) is 1. The van der Waals surface area contributed by atoms with Crippen molar-refractivity contribution >= 4 is 29.7 Å². The van der Waals surface area contributed by atoms with Crippen LogP contribution < -0.4 is 5.32 Å². The van der Waals surface area contributed by atoms with E-state index in [9.17, 15) is 9.59 Å². The van der Waals surface area contributed by atoms with Crippen molar-refractivity contribution in [3.8, 4) is 0 Å². The summed E-state index contributed by atoms with van der Waals surface area (Å²) < 4.78 is 0. The van der Waals surface area contributed by atoms with Crippen LogP contribution in [0.2, 0.25) is 5.15 Å². The number of anilines is 1. The second kappa shape index (κ2) is 3.86. The fourth-order valence-corrected chi connectivity index (χ4v) is 0.987. The molecule has 1 aromatic heterocycles. The van der Waals surface area contributed by atoms with Crippen LogP contribution in [0.25, 0.3) is 0 Å². The maximum atomic E-state index is 10.5. The molecule has 2 N–H and O–H groups in total. The summed E-state index contributed by atoms with van der Waals surface area (Å²) in [5.74, 6) is 0. The number of hydrogen-bond acceptors (Lipinski definition) is 3. The van der Waals surface area contributed by atoms with Crippen molar-refractivity contribution < 1.29 is 14.7 Å². The van der Waals surface area contributed by atoms with Crippen molar-refractivity contribution in [1.29, 1.82) is 0 Å². The van der Waals surface area contributed by atoms with E-state index in [1.165, 1.54) is 12.3 Å². The number of carbonyl (C=O) groups excluding carboxylic acids is 1. The van der Waals surface area contributed by atoms with Crippen LogP contribution in [0.3, 0.4) is 0 Å². The molecule has 1 amide bonds. The number of halogens is 1. The van der Waals surface area contributed by atoms with Gasteiger partial charge in [-0.15, -0.1) is 0 Å². The summed E-state index contributed by atoms with van der Waals surface area (Å²) in [6.07, 6.45) is 0.492. The number of amides is 1. The van der Waals surface area contributed by atoms with Gasteiger partial charge >= 0.3 is 6.09 Å². The first-order valence-electron chi connectivity index (χ1n) is 3.24. The molecule has 68 valence electrons. The summed E-state index contributed by atoms with van der Waals surface area (Å²) in [6.45, 7) is 0. The number of rotatable bonds is 2. The van der Waals surface area contributed by atoms with Crippen LogP contribution in [0.4, 0.5) is 10.5 Å². The van der Waals surface area contributed by atoms with Gasteiger partial charge in [0.15, 0.2) is 6.29 Å². The quantitative estimate of drug-likeness (QED) is 0.562. The van der Waals surface area contributed by atoms with E-state index in [0.29, 0.717) is 6.29 Å². The maximum Gasteiger partial charge on any atom is 0.409 e. The van der Waals surface area contributed by atoms with E-state index < -0.39 is 6.09 Å². The topological polar surface area (TPSA) is 79.3 Å². The average Bonchev–Trinajstić information content (AvgIpc) is 2.03. The zero-order valence-electron chi connectivity index (χ0n) is 6.32.